The van der Waals surface area contributed by atoms with Crippen LogP contribution in [0.5, 0.6) is 0 Å². The van der Waals surface area contributed by atoms with E-state index in [1.807, 2.05) is 26.0 Å². The molecule has 0 saturated carbocycles. The summed E-state index contributed by atoms with van der Waals surface area (Å²) in [5.74, 6) is 0.404. The topological polar surface area (TPSA) is 51.2 Å². The van der Waals surface area contributed by atoms with Crippen LogP contribution >= 0.6 is 0 Å². The van der Waals surface area contributed by atoms with Crippen molar-refractivity contribution >= 4 is 11.8 Å². The average Bonchev–Trinajstić information content (AvgIpc) is 2.18. The van der Waals surface area contributed by atoms with Crippen molar-refractivity contribution < 1.29 is 9.53 Å². The summed E-state index contributed by atoms with van der Waals surface area (Å²) in [6.45, 7) is 5.40. The minimum Gasteiger partial charge on any atom is -0.461 e. The Bertz CT molecular complexity index is 312. The molecule has 1 N–H and O–H groups in total. The predicted octanol–water partition coefficient (Wildman–Crippen LogP) is 1.83. The van der Waals surface area contributed by atoms with E-state index >= 15 is 0 Å². The lowest BCUT2D eigenvalue weighted by Crippen LogP contribution is -2.30. The van der Waals surface area contributed by atoms with Crippen molar-refractivity contribution in [2.24, 2.45) is 0 Å². The third kappa shape index (κ3) is 3.97. The number of nitrogens with one attached hydrogen (secondary N) is 1. The molecular formula is C11H16N2O2. The van der Waals surface area contributed by atoms with Crippen molar-refractivity contribution in [3.8, 4) is 0 Å². The van der Waals surface area contributed by atoms with Crippen LogP contribution in [0.4, 0.5) is 5.82 Å². The molecule has 82 valence electrons. The monoisotopic (exact) mass is 208 g/mol. The maximum absolute atomic E-state index is 11.4. The maximum Gasteiger partial charge on any atom is 0.328 e. The molecule has 4 nitrogen and oxygen atoms in total. The zero-order valence-electron chi connectivity index (χ0n) is 9.23. The normalized spacial score (nSPS) is 12.3. The fourth-order valence-electron chi connectivity index (χ4n) is 1.06. The average molecular weight is 208 g/mol. The van der Waals surface area contributed by atoms with E-state index in [-0.39, 0.29) is 18.1 Å². The lowest BCUT2D eigenvalue weighted by Gasteiger charge is -2.15. The first-order valence-corrected chi connectivity index (χ1v) is 4.97. The van der Waals surface area contributed by atoms with Gasteiger partial charge in [-0.25, -0.2) is 9.78 Å². The Kier molecular flexibility index (Phi) is 4.09. The van der Waals surface area contributed by atoms with Gasteiger partial charge in [-0.15, -0.1) is 0 Å². The molecule has 1 atom stereocenters. The van der Waals surface area contributed by atoms with Crippen LogP contribution in [0.1, 0.15) is 20.8 Å². The summed E-state index contributed by atoms with van der Waals surface area (Å²) in [6.07, 6.45) is 1.58. The lowest BCUT2D eigenvalue weighted by atomic mass is 10.3. The van der Waals surface area contributed by atoms with Crippen molar-refractivity contribution in [3.05, 3.63) is 24.4 Å². The highest BCUT2D eigenvalue weighted by Gasteiger charge is 2.15. The summed E-state index contributed by atoms with van der Waals surface area (Å²) in [4.78, 5) is 15.5. The number of pyridine rings is 1. The number of anilines is 1. The van der Waals surface area contributed by atoms with E-state index < -0.39 is 0 Å². The zero-order chi connectivity index (χ0) is 11.3. The molecule has 0 radical (unpaired) electrons. The van der Waals surface area contributed by atoms with Gasteiger partial charge >= 0.3 is 5.97 Å². The number of nitrogens with zero attached hydrogens (tertiary/aromatic N) is 1. The summed E-state index contributed by atoms with van der Waals surface area (Å²) in [5, 5.41) is 2.96. The smallest absolute Gasteiger partial charge is 0.328 e. The largest absolute Gasteiger partial charge is 0.461 e. The first-order chi connectivity index (χ1) is 7.09. The molecule has 1 aromatic heterocycles. The van der Waals surface area contributed by atoms with Gasteiger partial charge in [-0.1, -0.05) is 6.07 Å². The van der Waals surface area contributed by atoms with E-state index in [9.17, 15) is 4.79 Å². The SMILES string of the molecule is CC(C)OC(=O)C(C)Nc1ccccn1. The molecule has 4 heteroatoms. The van der Waals surface area contributed by atoms with Crippen LogP contribution < -0.4 is 5.32 Å². The van der Waals surface area contributed by atoms with Crippen LogP contribution in [-0.4, -0.2) is 23.1 Å². The second kappa shape index (κ2) is 5.34. The first kappa shape index (κ1) is 11.5. The minimum absolute atomic E-state index is 0.0921. The summed E-state index contributed by atoms with van der Waals surface area (Å²) < 4.78 is 5.05. The second-order valence-electron chi connectivity index (χ2n) is 3.57. The molecule has 0 fully saturated rings. The molecule has 1 unspecified atom stereocenters. The van der Waals surface area contributed by atoms with Gasteiger partial charge in [0.1, 0.15) is 11.9 Å². The van der Waals surface area contributed by atoms with Gasteiger partial charge in [0.15, 0.2) is 0 Å². The molecule has 0 spiro atoms. The summed E-state index contributed by atoms with van der Waals surface area (Å²) in [6, 6.07) is 5.10. The number of hydrogen-bond acceptors (Lipinski definition) is 4. The lowest BCUT2D eigenvalue weighted by molar-refractivity contribution is -0.147. The quantitative estimate of drug-likeness (QED) is 0.767. The second-order valence-corrected chi connectivity index (χ2v) is 3.57. The van der Waals surface area contributed by atoms with Crippen molar-refractivity contribution in [3.63, 3.8) is 0 Å². The Morgan fingerprint density at radius 3 is 2.67 bits per heavy atom. The van der Waals surface area contributed by atoms with E-state index in [1.165, 1.54) is 0 Å². The van der Waals surface area contributed by atoms with Gasteiger partial charge in [0.05, 0.1) is 6.10 Å². The number of esters is 1. The maximum atomic E-state index is 11.4. The fourth-order valence-corrected chi connectivity index (χ4v) is 1.06. The molecule has 0 aliphatic carbocycles. The van der Waals surface area contributed by atoms with Gasteiger partial charge < -0.3 is 10.1 Å². The van der Waals surface area contributed by atoms with Crippen LogP contribution in [-0.2, 0) is 9.53 Å². The molecule has 0 amide bonds. The Labute approximate surface area is 89.7 Å². The van der Waals surface area contributed by atoms with Crippen molar-refractivity contribution in [2.45, 2.75) is 32.9 Å². The highest BCUT2D eigenvalue weighted by Crippen LogP contribution is 2.04. The van der Waals surface area contributed by atoms with E-state index in [2.05, 4.69) is 10.3 Å². The van der Waals surface area contributed by atoms with Crippen LogP contribution in [0.25, 0.3) is 0 Å². The molecule has 1 heterocycles. The third-order valence-electron chi connectivity index (χ3n) is 1.73. The van der Waals surface area contributed by atoms with E-state index in [0.717, 1.165) is 0 Å². The van der Waals surface area contributed by atoms with Gasteiger partial charge in [0.25, 0.3) is 0 Å². The molecule has 1 rings (SSSR count). The van der Waals surface area contributed by atoms with Gasteiger partial charge in [0, 0.05) is 6.20 Å². The number of rotatable bonds is 4. The van der Waals surface area contributed by atoms with Crippen LogP contribution in [0.2, 0.25) is 0 Å². The van der Waals surface area contributed by atoms with E-state index in [0.29, 0.717) is 5.82 Å². The first-order valence-electron chi connectivity index (χ1n) is 4.97. The van der Waals surface area contributed by atoms with Gasteiger partial charge in [-0.3, -0.25) is 0 Å². The zero-order valence-corrected chi connectivity index (χ0v) is 9.23. The van der Waals surface area contributed by atoms with Gasteiger partial charge in [0.2, 0.25) is 0 Å². The number of carbonyl (C=O) groups is 1. The summed E-state index contributed by atoms with van der Waals surface area (Å²) >= 11 is 0. The summed E-state index contributed by atoms with van der Waals surface area (Å²) in [5.41, 5.74) is 0. The molecule has 0 aromatic carbocycles. The number of ether oxygens (including phenoxy) is 1. The molecule has 0 aliphatic rings. The number of carbonyl (C=O) groups excluding carboxylic acids is 1. The van der Waals surface area contributed by atoms with Gasteiger partial charge in [-0.2, -0.15) is 0 Å². The molecule has 0 saturated heterocycles. The van der Waals surface area contributed by atoms with Crippen LogP contribution in [0.15, 0.2) is 24.4 Å². The number of hydrogen-bond donors (Lipinski definition) is 1. The Balaban J connectivity index is 2.49. The van der Waals surface area contributed by atoms with E-state index in [4.69, 9.17) is 4.74 Å². The highest BCUT2D eigenvalue weighted by molar-refractivity contribution is 5.78. The fraction of sp³-hybridized carbons (Fsp3) is 0.455. The van der Waals surface area contributed by atoms with Crippen molar-refractivity contribution in [1.82, 2.24) is 4.98 Å². The van der Waals surface area contributed by atoms with Crippen molar-refractivity contribution in [2.75, 3.05) is 5.32 Å². The molecule has 0 aliphatic heterocycles. The third-order valence-corrected chi connectivity index (χ3v) is 1.73. The minimum atomic E-state index is -0.387. The van der Waals surface area contributed by atoms with Crippen LogP contribution in [0, 0.1) is 0 Å². The molecular weight excluding hydrogens is 192 g/mol. The highest BCUT2D eigenvalue weighted by atomic mass is 16.5. The Morgan fingerprint density at radius 2 is 2.13 bits per heavy atom. The van der Waals surface area contributed by atoms with Gasteiger partial charge in [-0.05, 0) is 32.9 Å². The Morgan fingerprint density at radius 1 is 1.40 bits per heavy atom. The number of aromatic nitrogens is 1. The van der Waals surface area contributed by atoms with E-state index in [1.54, 1.807) is 19.2 Å². The molecule has 0 bridgehead atoms. The van der Waals surface area contributed by atoms with Crippen molar-refractivity contribution in [1.29, 1.82) is 0 Å². The summed E-state index contributed by atoms with van der Waals surface area (Å²) in [7, 11) is 0. The Hall–Kier alpha value is -1.58. The molecule has 15 heavy (non-hydrogen) atoms. The van der Waals surface area contributed by atoms with Crippen LogP contribution in [0.3, 0.4) is 0 Å². The predicted molar refractivity (Wildman–Crippen MR) is 58.5 cm³/mol. The molecule has 1 aromatic rings. The standard InChI is InChI=1S/C11H16N2O2/c1-8(2)15-11(14)9(3)13-10-6-4-5-7-12-10/h4-9H,1-3H3,(H,12,13).